The number of unbranched alkanes of at least 4 members (excludes halogenated alkanes) is 1. The Balaban J connectivity index is 3.25. The summed E-state index contributed by atoms with van der Waals surface area (Å²) in [6.45, 7) is 2.03. The van der Waals surface area contributed by atoms with Crippen molar-refractivity contribution < 1.29 is 24.1 Å². The SMILES string of the molecule is CCCCC(=Cc1cc(OC)c(OC)c(OC)c1)C(=O)O. The standard InChI is InChI=1S/C16H22O5/c1-5-6-7-12(16(17)18)8-11-9-13(19-2)15(21-4)14(10-11)20-3/h8-10H,5-7H2,1-4H3,(H,17,18). The van der Waals surface area contributed by atoms with E-state index in [9.17, 15) is 9.90 Å². The van der Waals surface area contributed by atoms with E-state index in [-0.39, 0.29) is 0 Å². The summed E-state index contributed by atoms with van der Waals surface area (Å²) in [6, 6.07) is 3.46. The fourth-order valence-corrected chi connectivity index (χ4v) is 1.99. The van der Waals surface area contributed by atoms with Crippen LogP contribution >= 0.6 is 0 Å². The number of hydrogen-bond acceptors (Lipinski definition) is 4. The molecule has 0 saturated carbocycles. The number of hydrogen-bond donors (Lipinski definition) is 1. The van der Waals surface area contributed by atoms with Gasteiger partial charge in [-0.15, -0.1) is 0 Å². The number of aliphatic carboxylic acids is 1. The predicted octanol–water partition coefficient (Wildman–Crippen LogP) is 3.37. The van der Waals surface area contributed by atoms with Gasteiger partial charge in [-0.1, -0.05) is 13.3 Å². The van der Waals surface area contributed by atoms with Gasteiger partial charge < -0.3 is 19.3 Å². The molecule has 0 fully saturated rings. The van der Waals surface area contributed by atoms with Crippen molar-refractivity contribution in [3.8, 4) is 17.2 Å². The number of ether oxygens (including phenoxy) is 3. The first-order valence-electron chi connectivity index (χ1n) is 6.81. The van der Waals surface area contributed by atoms with Gasteiger partial charge in [0, 0.05) is 5.57 Å². The van der Waals surface area contributed by atoms with Crippen molar-refractivity contribution in [3.63, 3.8) is 0 Å². The molecule has 0 bridgehead atoms. The van der Waals surface area contributed by atoms with Gasteiger partial charge in [0.25, 0.3) is 0 Å². The smallest absolute Gasteiger partial charge is 0.331 e. The van der Waals surface area contributed by atoms with Gasteiger partial charge in [-0.25, -0.2) is 4.79 Å². The molecule has 0 aliphatic rings. The Morgan fingerprint density at radius 2 is 1.71 bits per heavy atom. The molecule has 0 amide bonds. The Bertz CT molecular complexity index is 494. The number of methoxy groups -OCH3 is 3. The van der Waals surface area contributed by atoms with Crippen LogP contribution in [0.5, 0.6) is 17.2 Å². The van der Waals surface area contributed by atoms with Gasteiger partial charge in [0.05, 0.1) is 21.3 Å². The molecule has 0 unspecified atom stereocenters. The van der Waals surface area contributed by atoms with Gasteiger partial charge >= 0.3 is 5.97 Å². The third-order valence-electron chi connectivity index (χ3n) is 3.10. The van der Waals surface area contributed by atoms with E-state index in [1.54, 1.807) is 18.2 Å². The number of benzene rings is 1. The van der Waals surface area contributed by atoms with Crippen molar-refractivity contribution >= 4 is 12.0 Å². The van der Waals surface area contributed by atoms with Crippen LogP contribution < -0.4 is 14.2 Å². The topological polar surface area (TPSA) is 65.0 Å². The summed E-state index contributed by atoms with van der Waals surface area (Å²) in [5.74, 6) is 0.589. The van der Waals surface area contributed by atoms with Crippen LogP contribution in [0.2, 0.25) is 0 Å². The predicted molar refractivity (Wildman–Crippen MR) is 81.2 cm³/mol. The van der Waals surface area contributed by atoms with Crippen LogP contribution in [0.4, 0.5) is 0 Å². The molecule has 0 spiro atoms. The first-order valence-corrected chi connectivity index (χ1v) is 6.81. The van der Waals surface area contributed by atoms with Crippen molar-refractivity contribution in [1.29, 1.82) is 0 Å². The summed E-state index contributed by atoms with van der Waals surface area (Å²) in [7, 11) is 4.58. The van der Waals surface area contributed by atoms with E-state index in [0.717, 1.165) is 12.8 Å². The van der Waals surface area contributed by atoms with Crippen LogP contribution in [0.15, 0.2) is 17.7 Å². The highest BCUT2D eigenvalue weighted by Gasteiger charge is 2.14. The zero-order chi connectivity index (χ0) is 15.8. The first-order chi connectivity index (χ1) is 10.1. The molecule has 5 nitrogen and oxygen atoms in total. The molecular formula is C16H22O5. The van der Waals surface area contributed by atoms with Crippen LogP contribution in [0, 0.1) is 0 Å². The molecule has 1 aromatic carbocycles. The molecule has 0 atom stereocenters. The normalized spacial score (nSPS) is 11.1. The Hall–Kier alpha value is -2.17. The zero-order valence-electron chi connectivity index (χ0n) is 12.9. The van der Waals surface area contributed by atoms with Crippen LogP contribution in [0.1, 0.15) is 31.7 Å². The molecule has 0 heterocycles. The van der Waals surface area contributed by atoms with Gasteiger partial charge in [-0.2, -0.15) is 0 Å². The lowest BCUT2D eigenvalue weighted by atomic mass is 10.0. The first kappa shape index (κ1) is 16.9. The molecule has 0 aliphatic heterocycles. The Labute approximate surface area is 125 Å². The maximum atomic E-state index is 11.3. The molecule has 1 rings (SSSR count). The third kappa shape index (κ3) is 4.41. The minimum absolute atomic E-state index is 0.367. The second-order valence-electron chi connectivity index (χ2n) is 4.54. The second-order valence-corrected chi connectivity index (χ2v) is 4.54. The van der Waals surface area contributed by atoms with E-state index >= 15 is 0 Å². The Kier molecular flexibility index (Phi) is 6.59. The Morgan fingerprint density at radius 1 is 1.14 bits per heavy atom. The highest BCUT2D eigenvalue weighted by atomic mass is 16.5. The molecule has 0 aliphatic carbocycles. The van der Waals surface area contributed by atoms with Gasteiger partial charge in [-0.05, 0) is 36.6 Å². The van der Waals surface area contributed by atoms with E-state index < -0.39 is 5.97 Å². The van der Waals surface area contributed by atoms with Crippen LogP contribution in [0.3, 0.4) is 0 Å². The molecule has 0 radical (unpaired) electrons. The molecule has 21 heavy (non-hydrogen) atoms. The van der Waals surface area contributed by atoms with E-state index in [0.29, 0.717) is 34.8 Å². The van der Waals surface area contributed by atoms with Crippen LogP contribution in [-0.2, 0) is 4.79 Å². The molecule has 5 heteroatoms. The number of carboxylic acids is 1. The number of rotatable bonds is 8. The monoisotopic (exact) mass is 294 g/mol. The fourth-order valence-electron chi connectivity index (χ4n) is 1.99. The van der Waals surface area contributed by atoms with Crippen molar-refractivity contribution in [1.82, 2.24) is 0 Å². The summed E-state index contributed by atoms with van der Waals surface area (Å²) >= 11 is 0. The quantitative estimate of drug-likeness (QED) is 0.745. The van der Waals surface area contributed by atoms with E-state index in [1.807, 2.05) is 6.92 Å². The van der Waals surface area contributed by atoms with Crippen LogP contribution in [0.25, 0.3) is 6.08 Å². The van der Waals surface area contributed by atoms with E-state index in [1.165, 1.54) is 21.3 Å². The molecular weight excluding hydrogens is 272 g/mol. The highest BCUT2D eigenvalue weighted by molar-refractivity contribution is 5.92. The van der Waals surface area contributed by atoms with Crippen molar-refractivity contribution in [2.45, 2.75) is 26.2 Å². The minimum Gasteiger partial charge on any atom is -0.493 e. The van der Waals surface area contributed by atoms with Gasteiger partial charge in [0.2, 0.25) is 5.75 Å². The highest BCUT2D eigenvalue weighted by Crippen LogP contribution is 2.38. The van der Waals surface area contributed by atoms with E-state index in [4.69, 9.17) is 14.2 Å². The van der Waals surface area contributed by atoms with Crippen molar-refractivity contribution in [2.24, 2.45) is 0 Å². The van der Waals surface area contributed by atoms with Gasteiger partial charge in [-0.3, -0.25) is 0 Å². The average molecular weight is 294 g/mol. The maximum absolute atomic E-state index is 11.3. The largest absolute Gasteiger partial charge is 0.493 e. The number of carbonyl (C=O) groups is 1. The summed E-state index contributed by atoms with van der Waals surface area (Å²) in [4.78, 5) is 11.3. The molecule has 1 aromatic rings. The average Bonchev–Trinajstić information content (AvgIpc) is 2.49. The van der Waals surface area contributed by atoms with Gasteiger partial charge in [0.1, 0.15) is 0 Å². The lowest BCUT2D eigenvalue weighted by Gasteiger charge is -2.13. The molecule has 1 N–H and O–H groups in total. The molecule has 0 aromatic heterocycles. The third-order valence-corrected chi connectivity index (χ3v) is 3.10. The molecule has 0 saturated heterocycles. The van der Waals surface area contributed by atoms with Crippen molar-refractivity contribution in [3.05, 3.63) is 23.3 Å². The van der Waals surface area contributed by atoms with Crippen molar-refractivity contribution in [2.75, 3.05) is 21.3 Å². The fraction of sp³-hybridized carbons (Fsp3) is 0.438. The summed E-state index contributed by atoms with van der Waals surface area (Å²) < 4.78 is 15.8. The summed E-state index contributed by atoms with van der Waals surface area (Å²) in [5.41, 5.74) is 1.07. The Morgan fingerprint density at radius 3 is 2.10 bits per heavy atom. The van der Waals surface area contributed by atoms with Crippen LogP contribution in [-0.4, -0.2) is 32.4 Å². The minimum atomic E-state index is -0.905. The zero-order valence-corrected chi connectivity index (χ0v) is 12.9. The summed E-state index contributed by atoms with van der Waals surface area (Å²) in [6.07, 6.45) is 3.95. The maximum Gasteiger partial charge on any atom is 0.331 e. The summed E-state index contributed by atoms with van der Waals surface area (Å²) in [5, 5.41) is 9.26. The number of carboxylic acid groups (broad SMARTS) is 1. The van der Waals surface area contributed by atoms with E-state index in [2.05, 4.69) is 0 Å². The lowest BCUT2D eigenvalue weighted by Crippen LogP contribution is -2.01. The lowest BCUT2D eigenvalue weighted by molar-refractivity contribution is -0.132. The van der Waals surface area contributed by atoms with Gasteiger partial charge in [0.15, 0.2) is 11.5 Å². The molecule has 116 valence electrons. The second kappa shape index (κ2) is 8.19.